The number of tetrazole rings is 1. The third-order valence-electron chi connectivity index (χ3n) is 16.0. The molecule has 0 aromatic carbocycles. The molecule has 22 heteroatoms. The number of rotatable bonds is 11. The number of aromatic nitrogens is 4. The summed E-state index contributed by atoms with van der Waals surface area (Å²) >= 11 is 0. The van der Waals surface area contributed by atoms with E-state index in [1.807, 2.05) is 83.7 Å². The second-order valence-corrected chi connectivity index (χ2v) is 26.1. The van der Waals surface area contributed by atoms with Gasteiger partial charge < -0.3 is 44.7 Å². The van der Waals surface area contributed by atoms with Crippen LogP contribution in [0.15, 0.2) is 0 Å². The van der Waals surface area contributed by atoms with Crippen molar-refractivity contribution in [3.63, 3.8) is 0 Å². The van der Waals surface area contributed by atoms with E-state index in [4.69, 9.17) is 19.9 Å². The van der Waals surface area contributed by atoms with Crippen LogP contribution in [0.2, 0.25) is 0 Å². The summed E-state index contributed by atoms with van der Waals surface area (Å²) in [7, 11) is 0. The Bertz CT molecular complexity index is 2040. The highest BCUT2D eigenvalue weighted by Crippen LogP contribution is 2.33. The summed E-state index contributed by atoms with van der Waals surface area (Å²) in [4.78, 5) is 80.7. The summed E-state index contributed by atoms with van der Waals surface area (Å²) in [6, 6.07) is 1.29. The third kappa shape index (κ3) is 26.5. The maximum Gasteiger partial charge on any atom is 0.410 e. The molecule has 472 valence electrons. The number of amides is 4. The lowest BCUT2D eigenvalue weighted by Gasteiger charge is -2.43. The van der Waals surface area contributed by atoms with E-state index in [1.54, 1.807) is 11.8 Å². The summed E-state index contributed by atoms with van der Waals surface area (Å²) in [5.74, 6) is 1.84. The highest BCUT2D eigenvalue weighted by atomic mass is 16.6. The smallest absolute Gasteiger partial charge is 0.410 e. The predicted octanol–water partition coefficient (Wildman–Crippen LogP) is 8.29. The minimum absolute atomic E-state index is 0. The van der Waals surface area contributed by atoms with Crippen molar-refractivity contribution in [1.82, 2.24) is 54.9 Å². The van der Waals surface area contributed by atoms with E-state index < -0.39 is 28.7 Å². The van der Waals surface area contributed by atoms with Gasteiger partial charge in [-0.25, -0.2) is 19.1 Å². The highest BCUT2D eigenvalue weighted by Gasteiger charge is 2.37. The molecule has 82 heavy (non-hydrogen) atoms. The van der Waals surface area contributed by atoms with Crippen LogP contribution in [0, 0.1) is 24.7 Å². The number of hydrogen-bond acceptors (Lipinski definition) is 17. The molecule has 6 fully saturated rings. The molecule has 3 N–H and O–H groups in total. The van der Waals surface area contributed by atoms with Gasteiger partial charge in [0.25, 0.3) is 0 Å². The normalized spacial score (nSPS) is 20.5. The number of nitrogens with two attached hydrogens (primary N) is 1. The van der Waals surface area contributed by atoms with Crippen LogP contribution in [0.5, 0.6) is 0 Å². The highest BCUT2D eigenvalue weighted by molar-refractivity contribution is 5.82. The molecular weight excluding hydrogens is 1050 g/mol. The molecule has 0 spiro atoms. The van der Waals surface area contributed by atoms with E-state index in [2.05, 4.69) is 40.3 Å². The van der Waals surface area contributed by atoms with Gasteiger partial charge in [0.2, 0.25) is 5.91 Å². The second-order valence-electron chi connectivity index (χ2n) is 26.1. The van der Waals surface area contributed by atoms with Crippen molar-refractivity contribution in [1.29, 1.82) is 0 Å². The first-order valence-corrected chi connectivity index (χ1v) is 30.6. The van der Waals surface area contributed by atoms with Crippen LogP contribution in [0.25, 0.3) is 0 Å². The van der Waals surface area contributed by atoms with Crippen LogP contribution in [-0.2, 0) is 39.9 Å². The Morgan fingerprint density at radius 1 is 0.512 bits per heavy atom. The van der Waals surface area contributed by atoms with Crippen LogP contribution in [0.1, 0.15) is 193 Å². The maximum atomic E-state index is 12.3. The van der Waals surface area contributed by atoms with E-state index in [0.717, 1.165) is 77.2 Å². The Kier molecular flexibility index (Phi) is 30.5. The molecular formula is C60H112N12O10. The first-order valence-electron chi connectivity index (χ1n) is 30.6. The fraction of sp³-hybridized carbons (Fsp3) is 0.883. The molecule has 0 radical (unpaired) electrons. The Labute approximate surface area is 493 Å². The molecule has 3 saturated carbocycles. The van der Waals surface area contributed by atoms with Crippen molar-refractivity contribution in [3.05, 3.63) is 5.82 Å². The SMILES string of the molecule is C.CC(=O)NCC(C1CCCCC1)N1CCN(C(=O)OC(C)(C)C)CC1.CC(=O)OC(C)=O.CC(C)(C)OC(=O)N1CCN(C(CN)C2CCCCC2)CC1.Cc1nnnn1CC(C1CCCCC1)N1CCN(C(=O)OC(C)(C)C)CC1. The molecule has 1 aromatic rings. The van der Waals surface area contributed by atoms with Crippen LogP contribution in [0.4, 0.5) is 14.4 Å². The lowest BCUT2D eigenvalue weighted by Crippen LogP contribution is -2.57. The standard InChI is InChI=1S/C19H34N6O2.C19H35N3O3.C17H33N3O2.C4H6O3.CH4/c1-15-20-21-22-25(15)14-17(16-8-6-5-7-9-16)23-10-12-24(13-11-23)18(26)27-19(2,3)4;1-15(23)20-14-17(16-8-6-5-7-9-16)21-10-12-22(13-11-21)18(24)25-19(2,3)4;1-17(2,3)22-16(21)20-11-9-19(10-12-20)15(13-18)14-7-5-4-6-8-14;1-3(5)7-4(2)6;/h16-17H,5-14H2,1-4H3;16-17H,5-14H2,1-4H3,(H,20,23);14-15H,4-13,18H2,1-3H3;1-2H3;1H4. The van der Waals surface area contributed by atoms with Crippen molar-refractivity contribution in [2.45, 2.75) is 235 Å². The zero-order chi connectivity index (χ0) is 59.9. The summed E-state index contributed by atoms with van der Waals surface area (Å²) in [6.07, 6.45) is 19.0. The average molecular weight is 1160 g/mol. The van der Waals surface area contributed by atoms with Gasteiger partial charge in [0.05, 0.1) is 6.54 Å². The van der Waals surface area contributed by atoms with Crippen LogP contribution in [-0.4, -0.2) is 212 Å². The molecule has 1 aromatic heterocycles. The molecule has 6 aliphatic rings. The van der Waals surface area contributed by atoms with Crippen molar-refractivity contribution in [2.24, 2.45) is 23.5 Å². The van der Waals surface area contributed by atoms with Gasteiger partial charge in [-0.1, -0.05) is 65.2 Å². The van der Waals surface area contributed by atoms with Gasteiger partial charge in [-0.3, -0.25) is 29.1 Å². The van der Waals surface area contributed by atoms with Crippen molar-refractivity contribution in [2.75, 3.05) is 91.6 Å². The fourth-order valence-corrected chi connectivity index (χ4v) is 12.1. The molecule has 3 aliphatic carbocycles. The first-order chi connectivity index (χ1) is 38.1. The molecule has 3 unspecified atom stereocenters. The van der Waals surface area contributed by atoms with Crippen molar-refractivity contribution in [3.8, 4) is 0 Å². The van der Waals surface area contributed by atoms with Gasteiger partial charge in [0, 0.05) is 131 Å². The van der Waals surface area contributed by atoms with Crippen molar-refractivity contribution >= 4 is 36.1 Å². The molecule has 7 rings (SSSR count). The molecule has 4 heterocycles. The largest absolute Gasteiger partial charge is 0.444 e. The zero-order valence-electron chi connectivity index (χ0n) is 52.3. The number of carbonyl (C=O) groups excluding carboxylic acids is 6. The molecule has 22 nitrogen and oxygen atoms in total. The van der Waals surface area contributed by atoms with Gasteiger partial charge in [0.15, 0.2) is 0 Å². The average Bonchev–Trinajstić information content (AvgIpc) is 3.82. The Balaban J connectivity index is 0.000000304. The molecule has 3 atom stereocenters. The summed E-state index contributed by atoms with van der Waals surface area (Å²) in [6.45, 7) is 34.9. The Morgan fingerprint density at radius 2 is 0.829 bits per heavy atom. The lowest BCUT2D eigenvalue weighted by atomic mass is 9.83. The van der Waals surface area contributed by atoms with Crippen LogP contribution < -0.4 is 11.1 Å². The maximum absolute atomic E-state index is 12.3. The number of hydrogen-bond donors (Lipinski definition) is 2. The van der Waals surface area contributed by atoms with Gasteiger partial charge in [0.1, 0.15) is 22.6 Å². The number of nitrogens with one attached hydrogen (secondary N) is 1. The first kappa shape index (κ1) is 71.6. The summed E-state index contributed by atoms with van der Waals surface area (Å²) in [5, 5.41) is 15.0. The van der Waals surface area contributed by atoms with Gasteiger partial charge in [-0.15, -0.1) is 5.10 Å². The zero-order valence-corrected chi connectivity index (χ0v) is 52.3. The quantitative estimate of drug-likeness (QED) is 0.120. The monoisotopic (exact) mass is 1160 g/mol. The molecule has 0 bridgehead atoms. The van der Waals surface area contributed by atoms with E-state index >= 15 is 0 Å². The van der Waals surface area contributed by atoms with E-state index in [0.29, 0.717) is 62.7 Å². The van der Waals surface area contributed by atoms with Crippen LogP contribution in [0.3, 0.4) is 0 Å². The van der Waals surface area contributed by atoms with Crippen LogP contribution >= 0.6 is 0 Å². The molecule has 4 amide bonds. The molecule has 3 aliphatic heterocycles. The Morgan fingerprint density at radius 3 is 1.11 bits per heavy atom. The van der Waals surface area contributed by atoms with E-state index in [9.17, 15) is 28.8 Å². The van der Waals surface area contributed by atoms with E-state index in [1.165, 1.54) is 110 Å². The number of ether oxygens (including phenoxy) is 4. The number of carbonyl (C=O) groups is 6. The van der Waals surface area contributed by atoms with E-state index in [-0.39, 0.29) is 31.6 Å². The van der Waals surface area contributed by atoms with Gasteiger partial charge in [-0.2, -0.15) is 0 Å². The number of esters is 2. The van der Waals surface area contributed by atoms with Gasteiger partial charge >= 0.3 is 30.2 Å². The summed E-state index contributed by atoms with van der Waals surface area (Å²) < 4.78 is 22.4. The summed E-state index contributed by atoms with van der Waals surface area (Å²) in [5.41, 5.74) is 4.74. The lowest BCUT2D eigenvalue weighted by molar-refractivity contribution is -0.156. The van der Waals surface area contributed by atoms with Crippen molar-refractivity contribution < 1.29 is 47.7 Å². The topological polar surface area (TPSA) is 240 Å². The minimum Gasteiger partial charge on any atom is -0.444 e. The fourth-order valence-electron chi connectivity index (χ4n) is 12.1. The molecule has 3 saturated heterocycles. The third-order valence-corrected chi connectivity index (χ3v) is 16.0. The number of nitrogens with zero attached hydrogens (tertiary/aromatic N) is 10. The number of aryl methyl sites for hydroxylation is 1. The predicted molar refractivity (Wildman–Crippen MR) is 319 cm³/mol. The minimum atomic E-state index is -0.562. The second kappa shape index (κ2) is 34.9. The van der Waals surface area contributed by atoms with Gasteiger partial charge in [-0.05, 0) is 136 Å². The number of piperazine rings is 3. The Hall–Kier alpha value is -4.67.